The van der Waals surface area contributed by atoms with Gasteiger partial charge in [0, 0.05) is 34.6 Å². The number of hydrogen-bond donors (Lipinski definition) is 1. The lowest BCUT2D eigenvalue weighted by atomic mass is 9.64. The van der Waals surface area contributed by atoms with Crippen LogP contribution in [-0.4, -0.2) is 34.5 Å². The van der Waals surface area contributed by atoms with E-state index in [9.17, 15) is 24.5 Å². The third kappa shape index (κ3) is 3.42. The van der Waals surface area contributed by atoms with Gasteiger partial charge in [-0.25, -0.2) is 0 Å². The average molecular weight is 562 g/mol. The molecule has 1 amide bonds. The molecule has 41 heavy (non-hydrogen) atoms. The minimum atomic E-state index is -1.47. The number of Topliss-reactive ketones (excluding diaryl/α,β-unsaturated/α-hetero) is 2. The zero-order valence-corrected chi connectivity index (χ0v) is 22.6. The topological polar surface area (TPSA) is 110 Å². The molecule has 4 atom stereocenters. The van der Waals surface area contributed by atoms with Crippen molar-refractivity contribution < 1.29 is 19.3 Å². The standard InChI is InChI=1S/C32H23N3O5S/c1-18-16-26-32(22-11-3-4-12-23(22)33-31(32)38)27(29(36)19-8-6-9-20(17-19)35(39)40)28(30(37)25-14-7-15-41-25)34(26)24-13-5-2-10-21(18)24/h2-17,26-28H,1H3,(H,33,38)/t26-,27-,28-,32-/m0/s1. The number of nitro groups is 1. The number of allylic oxidation sites excluding steroid dienone is 1. The molecule has 1 saturated heterocycles. The van der Waals surface area contributed by atoms with Crippen LogP contribution < -0.4 is 10.2 Å². The second-order valence-corrected chi connectivity index (χ2v) is 11.5. The quantitative estimate of drug-likeness (QED) is 0.185. The van der Waals surface area contributed by atoms with Crippen LogP contribution in [0, 0.1) is 16.0 Å². The highest BCUT2D eigenvalue weighted by molar-refractivity contribution is 7.12. The molecule has 1 aromatic heterocycles. The van der Waals surface area contributed by atoms with E-state index in [-0.39, 0.29) is 22.9 Å². The number of fused-ring (bicyclic) bond motifs is 6. The Kier molecular flexibility index (Phi) is 5.55. The smallest absolute Gasteiger partial charge is 0.270 e. The maximum atomic E-state index is 14.8. The number of hydrogen-bond acceptors (Lipinski definition) is 7. The van der Waals surface area contributed by atoms with Gasteiger partial charge in [-0.15, -0.1) is 11.3 Å². The monoisotopic (exact) mass is 561 g/mol. The number of nitrogens with zero attached hydrogens (tertiary/aromatic N) is 2. The minimum absolute atomic E-state index is 0.0820. The largest absolute Gasteiger partial charge is 0.352 e. The highest BCUT2D eigenvalue weighted by Crippen LogP contribution is 2.59. The first-order chi connectivity index (χ1) is 19.8. The first kappa shape index (κ1) is 25.1. The van der Waals surface area contributed by atoms with E-state index in [2.05, 4.69) is 5.32 Å². The van der Waals surface area contributed by atoms with E-state index in [0.717, 1.165) is 16.8 Å². The van der Waals surface area contributed by atoms with Crippen molar-refractivity contribution in [1.29, 1.82) is 0 Å². The number of nitro benzene ring substituents is 1. The Bertz CT molecular complexity index is 1810. The molecule has 202 valence electrons. The first-order valence-electron chi connectivity index (χ1n) is 13.2. The summed E-state index contributed by atoms with van der Waals surface area (Å²) in [6, 6.07) is 22.3. The van der Waals surface area contributed by atoms with Gasteiger partial charge in [-0.05, 0) is 41.6 Å². The number of nitrogens with one attached hydrogen (secondary N) is 1. The summed E-state index contributed by atoms with van der Waals surface area (Å²) >= 11 is 1.28. The normalized spacial score (nSPS) is 23.8. The number of anilines is 2. The second kappa shape index (κ2) is 9.07. The maximum absolute atomic E-state index is 14.8. The minimum Gasteiger partial charge on any atom is -0.352 e. The van der Waals surface area contributed by atoms with Crippen LogP contribution in [0.4, 0.5) is 17.1 Å². The summed E-state index contributed by atoms with van der Waals surface area (Å²) in [6.07, 6.45) is 1.99. The van der Waals surface area contributed by atoms with Crippen molar-refractivity contribution in [2.75, 3.05) is 10.2 Å². The van der Waals surface area contributed by atoms with Gasteiger partial charge < -0.3 is 10.2 Å². The molecular weight excluding hydrogens is 538 g/mol. The number of benzene rings is 3. The Morgan fingerprint density at radius 2 is 1.76 bits per heavy atom. The average Bonchev–Trinajstić information content (AvgIpc) is 3.70. The molecule has 0 aliphatic carbocycles. The van der Waals surface area contributed by atoms with Crippen LogP contribution in [0.5, 0.6) is 0 Å². The van der Waals surface area contributed by atoms with Crippen molar-refractivity contribution in [3.05, 3.63) is 128 Å². The Hall–Kier alpha value is -4.89. The zero-order valence-electron chi connectivity index (χ0n) is 21.8. The van der Waals surface area contributed by atoms with Gasteiger partial charge in [-0.3, -0.25) is 24.5 Å². The molecule has 1 fully saturated rings. The summed E-state index contributed by atoms with van der Waals surface area (Å²) in [5.41, 5.74) is 2.21. The van der Waals surface area contributed by atoms with Gasteiger partial charge in [0.2, 0.25) is 5.91 Å². The SMILES string of the molecule is CC1=C[C@@H]2N(c3ccccc31)[C@H](C(=O)c1cccs1)[C@@H](C(=O)c1cccc([N+](=O)[O-])c1)[C@@]21C(=O)Nc2ccccc21. The highest BCUT2D eigenvalue weighted by atomic mass is 32.1. The molecule has 0 saturated carbocycles. The maximum Gasteiger partial charge on any atom is 0.270 e. The molecule has 1 N–H and O–H groups in total. The lowest BCUT2D eigenvalue weighted by Gasteiger charge is -2.39. The Morgan fingerprint density at radius 3 is 2.54 bits per heavy atom. The molecule has 3 aliphatic rings. The van der Waals surface area contributed by atoms with Crippen LogP contribution >= 0.6 is 11.3 Å². The second-order valence-electron chi connectivity index (χ2n) is 10.5. The van der Waals surface area contributed by atoms with Crippen molar-refractivity contribution in [3.8, 4) is 0 Å². The highest BCUT2D eigenvalue weighted by Gasteiger charge is 2.70. The third-order valence-electron chi connectivity index (χ3n) is 8.54. The van der Waals surface area contributed by atoms with Gasteiger partial charge in [0.05, 0.1) is 21.8 Å². The fourth-order valence-corrected chi connectivity index (χ4v) is 7.60. The van der Waals surface area contributed by atoms with Gasteiger partial charge in [-0.1, -0.05) is 60.7 Å². The lowest BCUT2D eigenvalue weighted by Crippen LogP contribution is -2.51. The molecule has 9 heteroatoms. The molecule has 0 unspecified atom stereocenters. The van der Waals surface area contributed by atoms with Crippen molar-refractivity contribution >= 4 is 51.4 Å². The van der Waals surface area contributed by atoms with Crippen molar-refractivity contribution in [2.45, 2.75) is 24.4 Å². The zero-order chi connectivity index (χ0) is 28.5. The first-order valence-corrected chi connectivity index (χ1v) is 14.1. The van der Waals surface area contributed by atoms with E-state index < -0.39 is 34.1 Å². The van der Waals surface area contributed by atoms with Gasteiger partial charge >= 0.3 is 0 Å². The fraction of sp³-hybridized carbons (Fsp3) is 0.156. The Labute approximate surface area is 239 Å². The predicted molar refractivity (Wildman–Crippen MR) is 156 cm³/mol. The van der Waals surface area contributed by atoms with Crippen LogP contribution in [0.15, 0.2) is 96.4 Å². The van der Waals surface area contributed by atoms with E-state index in [0.29, 0.717) is 16.1 Å². The van der Waals surface area contributed by atoms with E-state index in [1.54, 1.807) is 23.6 Å². The summed E-state index contributed by atoms with van der Waals surface area (Å²) in [7, 11) is 0. The lowest BCUT2D eigenvalue weighted by molar-refractivity contribution is -0.384. The van der Waals surface area contributed by atoms with Gasteiger partial charge in [-0.2, -0.15) is 0 Å². The summed E-state index contributed by atoms with van der Waals surface area (Å²) < 4.78 is 0. The molecule has 4 heterocycles. The number of amides is 1. The molecule has 0 bridgehead atoms. The van der Waals surface area contributed by atoms with Crippen molar-refractivity contribution in [1.82, 2.24) is 0 Å². The molecular formula is C32H23N3O5S. The van der Waals surface area contributed by atoms with Crippen LogP contribution in [0.2, 0.25) is 0 Å². The van der Waals surface area contributed by atoms with E-state index in [1.165, 1.54) is 35.6 Å². The molecule has 7 rings (SSSR count). The summed E-state index contributed by atoms with van der Waals surface area (Å²) in [6.45, 7) is 1.97. The van der Waals surface area contributed by atoms with Gasteiger partial charge in [0.1, 0.15) is 11.5 Å². The molecule has 4 aromatic rings. The predicted octanol–water partition coefficient (Wildman–Crippen LogP) is 5.90. The molecule has 3 aromatic carbocycles. The van der Waals surface area contributed by atoms with Crippen molar-refractivity contribution in [3.63, 3.8) is 0 Å². The number of thiophene rings is 1. The number of carbonyl (C=O) groups is 3. The Balaban J connectivity index is 1.55. The van der Waals surface area contributed by atoms with E-state index >= 15 is 0 Å². The van der Waals surface area contributed by atoms with Gasteiger partial charge in [0.15, 0.2) is 11.6 Å². The van der Waals surface area contributed by atoms with Crippen molar-refractivity contribution in [2.24, 2.45) is 5.92 Å². The third-order valence-corrected chi connectivity index (χ3v) is 9.42. The number of para-hydroxylation sites is 2. The van der Waals surface area contributed by atoms with E-state index in [4.69, 9.17) is 0 Å². The van der Waals surface area contributed by atoms with Crippen LogP contribution in [0.1, 0.15) is 38.1 Å². The van der Waals surface area contributed by atoms with E-state index in [1.807, 2.05) is 60.4 Å². The molecule has 8 nitrogen and oxygen atoms in total. The molecule has 3 aliphatic heterocycles. The van der Waals surface area contributed by atoms with Gasteiger partial charge in [0.25, 0.3) is 5.69 Å². The summed E-state index contributed by atoms with van der Waals surface area (Å²) in [4.78, 5) is 57.1. The molecule has 0 radical (unpaired) electrons. The molecule has 1 spiro atoms. The number of rotatable bonds is 5. The summed E-state index contributed by atoms with van der Waals surface area (Å²) in [5, 5.41) is 16.4. The number of non-ortho nitro benzene ring substituents is 1. The Morgan fingerprint density at radius 1 is 0.976 bits per heavy atom. The number of carbonyl (C=O) groups excluding carboxylic acids is 3. The van der Waals surface area contributed by atoms with Crippen LogP contribution in [0.25, 0.3) is 5.57 Å². The fourth-order valence-electron chi connectivity index (χ4n) is 6.90. The number of ketones is 2. The summed E-state index contributed by atoms with van der Waals surface area (Å²) in [5.74, 6) is -2.32. The van der Waals surface area contributed by atoms with Crippen LogP contribution in [0.3, 0.4) is 0 Å². The van der Waals surface area contributed by atoms with Crippen LogP contribution in [-0.2, 0) is 10.2 Å².